The highest BCUT2D eigenvalue weighted by atomic mass is 32.2. The number of hydrogen-bond donors (Lipinski definition) is 1. The lowest BCUT2D eigenvalue weighted by molar-refractivity contribution is -0.119. The number of piperidine rings is 1. The van der Waals surface area contributed by atoms with Crippen molar-refractivity contribution in [1.82, 2.24) is 0 Å². The molecule has 1 N–H and O–H groups in total. The second kappa shape index (κ2) is 7.56. The van der Waals surface area contributed by atoms with E-state index < -0.39 is 15.8 Å². The van der Waals surface area contributed by atoms with Crippen molar-refractivity contribution in [1.29, 1.82) is 0 Å². The fraction of sp³-hybridized carbons (Fsp3) is 0.316. The zero-order chi connectivity index (χ0) is 19.6. The first-order chi connectivity index (χ1) is 12.8. The normalized spacial score (nSPS) is 14.9. The molecule has 0 spiro atoms. The Morgan fingerprint density at radius 3 is 2.59 bits per heavy atom. The van der Waals surface area contributed by atoms with Gasteiger partial charge in [-0.15, -0.1) is 0 Å². The van der Waals surface area contributed by atoms with Crippen LogP contribution in [-0.4, -0.2) is 28.0 Å². The van der Waals surface area contributed by atoms with Gasteiger partial charge >= 0.3 is 0 Å². The van der Waals surface area contributed by atoms with Crippen molar-refractivity contribution in [3.63, 3.8) is 0 Å². The van der Waals surface area contributed by atoms with Crippen molar-refractivity contribution in [3.05, 3.63) is 47.8 Å². The molecule has 27 heavy (non-hydrogen) atoms. The summed E-state index contributed by atoms with van der Waals surface area (Å²) in [6.45, 7) is 2.06. The van der Waals surface area contributed by atoms with E-state index in [2.05, 4.69) is 4.72 Å². The number of nitrogens with zero attached hydrogens (tertiary/aromatic N) is 1. The molecule has 6 nitrogen and oxygen atoms in total. The second-order valence-corrected chi connectivity index (χ2v) is 8.09. The minimum absolute atomic E-state index is 0.0197. The van der Waals surface area contributed by atoms with E-state index in [4.69, 9.17) is 4.74 Å². The van der Waals surface area contributed by atoms with E-state index in [1.165, 1.54) is 26.2 Å². The largest absolute Gasteiger partial charge is 0.495 e. The maximum Gasteiger partial charge on any atom is 0.261 e. The van der Waals surface area contributed by atoms with Crippen molar-refractivity contribution >= 4 is 27.3 Å². The first kappa shape index (κ1) is 19.2. The van der Waals surface area contributed by atoms with Gasteiger partial charge in [-0.05, 0) is 61.7 Å². The van der Waals surface area contributed by atoms with Crippen LogP contribution in [0.4, 0.5) is 15.8 Å². The van der Waals surface area contributed by atoms with Gasteiger partial charge in [0.05, 0.1) is 23.4 Å². The molecule has 1 aliphatic heterocycles. The Bertz CT molecular complexity index is 976. The number of halogens is 1. The van der Waals surface area contributed by atoms with Crippen LogP contribution in [0.25, 0.3) is 0 Å². The summed E-state index contributed by atoms with van der Waals surface area (Å²) in [6.07, 6.45) is 2.17. The number of hydrogen-bond acceptors (Lipinski definition) is 4. The molecule has 144 valence electrons. The average Bonchev–Trinajstić information content (AvgIpc) is 2.64. The highest BCUT2D eigenvalue weighted by Crippen LogP contribution is 2.34. The van der Waals surface area contributed by atoms with Gasteiger partial charge in [0.15, 0.2) is 0 Å². The summed E-state index contributed by atoms with van der Waals surface area (Å²) in [7, 11) is -2.40. The molecule has 3 rings (SSSR count). The highest BCUT2D eigenvalue weighted by Gasteiger charge is 2.24. The molecule has 0 saturated carbocycles. The van der Waals surface area contributed by atoms with Crippen LogP contribution in [0.15, 0.2) is 41.3 Å². The summed E-state index contributed by atoms with van der Waals surface area (Å²) in [5, 5.41) is 0. The Morgan fingerprint density at radius 2 is 1.93 bits per heavy atom. The third-order valence-corrected chi connectivity index (χ3v) is 5.86. The molecule has 2 aromatic rings. The maximum absolute atomic E-state index is 13.4. The monoisotopic (exact) mass is 392 g/mol. The number of sulfonamides is 1. The molecule has 1 aliphatic rings. The zero-order valence-corrected chi connectivity index (χ0v) is 16.0. The van der Waals surface area contributed by atoms with Crippen LogP contribution in [0.5, 0.6) is 5.75 Å². The van der Waals surface area contributed by atoms with Crippen LogP contribution in [0.2, 0.25) is 0 Å². The SMILES string of the molecule is COc1ccc(NS(=O)(=O)c2ccc(F)c(C)c2)cc1N1CCCCC1=O. The molecule has 0 radical (unpaired) electrons. The van der Waals surface area contributed by atoms with Crippen LogP contribution in [0, 0.1) is 12.7 Å². The number of carbonyl (C=O) groups is 1. The maximum atomic E-state index is 13.4. The number of aryl methyl sites for hydroxylation is 1. The fourth-order valence-electron chi connectivity index (χ4n) is 3.02. The molecule has 1 amide bonds. The van der Waals surface area contributed by atoms with Crippen molar-refractivity contribution in [2.75, 3.05) is 23.3 Å². The average molecular weight is 392 g/mol. The smallest absolute Gasteiger partial charge is 0.261 e. The molecular formula is C19H21FN2O4S. The number of amides is 1. The van der Waals surface area contributed by atoms with Gasteiger partial charge in [0, 0.05) is 13.0 Å². The predicted molar refractivity (Wildman–Crippen MR) is 101 cm³/mol. The minimum atomic E-state index is -3.89. The summed E-state index contributed by atoms with van der Waals surface area (Å²) >= 11 is 0. The topological polar surface area (TPSA) is 75.7 Å². The number of methoxy groups -OCH3 is 1. The number of anilines is 2. The molecule has 1 saturated heterocycles. The molecule has 0 bridgehead atoms. The first-order valence-corrected chi connectivity index (χ1v) is 10.1. The summed E-state index contributed by atoms with van der Waals surface area (Å²) in [6, 6.07) is 8.36. The van der Waals surface area contributed by atoms with Crippen molar-refractivity contribution < 1.29 is 22.3 Å². The van der Waals surface area contributed by atoms with Crippen LogP contribution >= 0.6 is 0 Å². The summed E-state index contributed by atoms with van der Waals surface area (Å²) in [5.74, 6) is 0.00355. The standard InChI is InChI=1S/C19H21FN2O4S/c1-13-11-15(7-8-16(13)20)27(24,25)21-14-6-9-18(26-2)17(12-14)22-10-4-3-5-19(22)23/h6-9,11-12,21H,3-5,10H2,1-2H3. The van der Waals surface area contributed by atoms with Gasteiger partial charge in [0.25, 0.3) is 10.0 Å². The Balaban J connectivity index is 1.94. The van der Waals surface area contributed by atoms with E-state index in [0.717, 1.165) is 18.9 Å². The lowest BCUT2D eigenvalue weighted by Crippen LogP contribution is -2.35. The number of nitrogens with one attached hydrogen (secondary N) is 1. The van der Waals surface area contributed by atoms with Gasteiger partial charge in [0.2, 0.25) is 5.91 Å². The summed E-state index contributed by atoms with van der Waals surface area (Å²) in [5.41, 5.74) is 1.07. The lowest BCUT2D eigenvalue weighted by atomic mass is 10.1. The van der Waals surface area contributed by atoms with Crippen LogP contribution in [0.3, 0.4) is 0 Å². The molecule has 0 aromatic heterocycles. The Hall–Kier alpha value is -2.61. The van der Waals surface area contributed by atoms with Gasteiger partial charge < -0.3 is 9.64 Å². The van der Waals surface area contributed by atoms with Crippen LogP contribution < -0.4 is 14.4 Å². The first-order valence-electron chi connectivity index (χ1n) is 8.59. The summed E-state index contributed by atoms with van der Waals surface area (Å²) < 4.78 is 46.5. The number of ether oxygens (including phenoxy) is 1. The van der Waals surface area contributed by atoms with Crippen LogP contribution in [0.1, 0.15) is 24.8 Å². The Labute approximate surface area is 158 Å². The minimum Gasteiger partial charge on any atom is -0.495 e. The molecule has 8 heteroatoms. The highest BCUT2D eigenvalue weighted by molar-refractivity contribution is 7.92. The Morgan fingerprint density at radius 1 is 1.15 bits per heavy atom. The van der Waals surface area contributed by atoms with Gasteiger partial charge in [-0.3, -0.25) is 9.52 Å². The van der Waals surface area contributed by atoms with Gasteiger partial charge in [-0.1, -0.05) is 0 Å². The second-order valence-electron chi connectivity index (χ2n) is 6.41. The van der Waals surface area contributed by atoms with E-state index >= 15 is 0 Å². The predicted octanol–water partition coefficient (Wildman–Crippen LogP) is 3.46. The summed E-state index contributed by atoms with van der Waals surface area (Å²) in [4.78, 5) is 13.8. The van der Waals surface area contributed by atoms with Crippen molar-refractivity contribution in [2.24, 2.45) is 0 Å². The van der Waals surface area contributed by atoms with E-state index in [1.807, 2.05) is 0 Å². The van der Waals surface area contributed by atoms with E-state index in [-0.39, 0.29) is 16.4 Å². The Kier molecular flexibility index (Phi) is 5.36. The molecule has 2 aromatic carbocycles. The van der Waals surface area contributed by atoms with Gasteiger partial charge in [0.1, 0.15) is 11.6 Å². The van der Waals surface area contributed by atoms with E-state index in [0.29, 0.717) is 30.1 Å². The molecular weight excluding hydrogens is 371 g/mol. The third kappa shape index (κ3) is 4.05. The third-order valence-electron chi connectivity index (χ3n) is 4.48. The molecule has 0 unspecified atom stereocenters. The number of carbonyl (C=O) groups excluding carboxylic acids is 1. The number of rotatable bonds is 5. The molecule has 1 fully saturated rings. The van der Waals surface area contributed by atoms with E-state index in [9.17, 15) is 17.6 Å². The van der Waals surface area contributed by atoms with Gasteiger partial charge in [-0.25, -0.2) is 12.8 Å². The fourth-order valence-corrected chi connectivity index (χ4v) is 4.16. The molecule has 0 atom stereocenters. The molecule has 1 heterocycles. The number of benzene rings is 2. The van der Waals surface area contributed by atoms with E-state index in [1.54, 1.807) is 23.1 Å². The van der Waals surface area contributed by atoms with Gasteiger partial charge in [-0.2, -0.15) is 0 Å². The van der Waals surface area contributed by atoms with Crippen molar-refractivity contribution in [3.8, 4) is 5.75 Å². The zero-order valence-electron chi connectivity index (χ0n) is 15.2. The quantitative estimate of drug-likeness (QED) is 0.846. The lowest BCUT2D eigenvalue weighted by Gasteiger charge is -2.28. The molecule has 0 aliphatic carbocycles. The van der Waals surface area contributed by atoms with Crippen LogP contribution in [-0.2, 0) is 14.8 Å². The van der Waals surface area contributed by atoms with Crippen molar-refractivity contribution in [2.45, 2.75) is 31.1 Å².